The van der Waals surface area contributed by atoms with Crippen molar-refractivity contribution in [1.29, 1.82) is 0 Å². The van der Waals surface area contributed by atoms with Crippen LogP contribution < -0.4 is 5.32 Å². The molecule has 1 aliphatic rings. The Balaban J connectivity index is 1.43. The van der Waals surface area contributed by atoms with Crippen LogP contribution >= 0.6 is 11.8 Å². The Labute approximate surface area is 181 Å². The van der Waals surface area contributed by atoms with Gasteiger partial charge in [0.1, 0.15) is 5.37 Å². The summed E-state index contributed by atoms with van der Waals surface area (Å²) < 4.78 is 0. The number of carbonyl (C=O) groups is 2. The average Bonchev–Trinajstić information content (AvgIpc) is 3.13. The van der Waals surface area contributed by atoms with Gasteiger partial charge in [0.25, 0.3) is 5.91 Å². The monoisotopic (exact) mass is 416 g/mol. The van der Waals surface area contributed by atoms with E-state index in [0.717, 1.165) is 23.2 Å². The summed E-state index contributed by atoms with van der Waals surface area (Å²) in [7, 11) is 0. The Hall–Kier alpha value is -3.05. The minimum Gasteiger partial charge on any atom is -0.326 e. The van der Waals surface area contributed by atoms with Gasteiger partial charge < -0.3 is 10.2 Å². The normalized spacial score (nSPS) is 16.0. The van der Waals surface area contributed by atoms with E-state index in [-0.39, 0.29) is 17.2 Å². The van der Waals surface area contributed by atoms with Crippen molar-refractivity contribution >= 4 is 29.3 Å². The van der Waals surface area contributed by atoms with Crippen molar-refractivity contribution < 1.29 is 9.59 Å². The number of hydrogen-bond acceptors (Lipinski definition) is 3. The predicted molar refractivity (Wildman–Crippen MR) is 123 cm³/mol. The number of thioether (sulfide) groups is 1. The number of nitrogens with one attached hydrogen (secondary N) is 1. The highest BCUT2D eigenvalue weighted by Crippen LogP contribution is 2.38. The summed E-state index contributed by atoms with van der Waals surface area (Å²) in [6.07, 6.45) is 0.834. The maximum atomic E-state index is 12.6. The molecule has 1 saturated heterocycles. The molecular formula is C25H24N2O2S. The third-order valence-corrected chi connectivity index (χ3v) is 6.44. The van der Waals surface area contributed by atoms with Crippen molar-refractivity contribution in [2.75, 3.05) is 17.6 Å². The topological polar surface area (TPSA) is 49.4 Å². The van der Waals surface area contributed by atoms with Crippen LogP contribution in [0, 0.1) is 6.92 Å². The van der Waals surface area contributed by atoms with E-state index >= 15 is 0 Å². The third-order valence-electron chi connectivity index (χ3n) is 5.19. The smallest absolute Gasteiger partial charge is 0.255 e. The molecule has 0 bridgehead atoms. The van der Waals surface area contributed by atoms with E-state index in [2.05, 4.69) is 17.4 Å². The van der Waals surface area contributed by atoms with Crippen LogP contribution in [0.2, 0.25) is 0 Å². The van der Waals surface area contributed by atoms with Crippen LogP contribution in [0.5, 0.6) is 0 Å². The molecule has 0 saturated carbocycles. The Morgan fingerprint density at radius 2 is 1.80 bits per heavy atom. The minimum absolute atomic E-state index is 0.00454. The van der Waals surface area contributed by atoms with Crippen molar-refractivity contribution in [2.45, 2.75) is 18.7 Å². The Kier molecular flexibility index (Phi) is 6.19. The first kappa shape index (κ1) is 20.2. The van der Waals surface area contributed by atoms with E-state index in [1.807, 2.05) is 78.6 Å². The van der Waals surface area contributed by atoms with Crippen molar-refractivity contribution in [3.63, 3.8) is 0 Å². The number of aryl methyl sites for hydroxylation is 1. The van der Waals surface area contributed by atoms with Crippen LogP contribution in [0.25, 0.3) is 0 Å². The summed E-state index contributed by atoms with van der Waals surface area (Å²) in [6.45, 7) is 2.69. The number of nitrogens with zero attached hydrogens (tertiary/aromatic N) is 1. The number of anilines is 1. The zero-order valence-electron chi connectivity index (χ0n) is 16.9. The van der Waals surface area contributed by atoms with E-state index < -0.39 is 0 Å². The highest BCUT2D eigenvalue weighted by atomic mass is 32.2. The standard InChI is InChI=1S/C25H24N2O2S/c1-18-6-5-9-22(16-18)26-24(29)20-10-12-21(13-11-20)25-27(23(28)17-30-25)15-14-19-7-3-2-4-8-19/h2-13,16,25H,14-15,17H2,1H3,(H,26,29)/t25-/m1/s1. The number of rotatable bonds is 6. The SMILES string of the molecule is Cc1cccc(NC(=O)c2ccc([C@H]3SCC(=O)N3CCc3ccccc3)cc2)c1. The molecule has 1 atom stereocenters. The lowest BCUT2D eigenvalue weighted by Crippen LogP contribution is -2.30. The molecule has 3 aromatic carbocycles. The molecule has 3 aromatic rings. The molecule has 152 valence electrons. The van der Waals surface area contributed by atoms with Gasteiger partial charge in [-0.2, -0.15) is 0 Å². The summed E-state index contributed by atoms with van der Waals surface area (Å²) >= 11 is 1.64. The van der Waals surface area contributed by atoms with Crippen LogP contribution in [0.1, 0.15) is 32.4 Å². The van der Waals surface area contributed by atoms with Crippen molar-refractivity contribution in [3.8, 4) is 0 Å². The van der Waals surface area contributed by atoms with Gasteiger partial charge >= 0.3 is 0 Å². The van der Waals surface area contributed by atoms with Crippen LogP contribution in [0.15, 0.2) is 78.9 Å². The van der Waals surface area contributed by atoms with Crippen LogP contribution in [-0.2, 0) is 11.2 Å². The average molecular weight is 417 g/mol. The second kappa shape index (κ2) is 9.18. The van der Waals surface area contributed by atoms with Crippen LogP contribution in [0.3, 0.4) is 0 Å². The highest BCUT2D eigenvalue weighted by Gasteiger charge is 2.32. The Morgan fingerprint density at radius 1 is 1.03 bits per heavy atom. The van der Waals surface area contributed by atoms with Gasteiger partial charge in [-0.15, -0.1) is 11.8 Å². The van der Waals surface area contributed by atoms with Crippen molar-refractivity contribution in [1.82, 2.24) is 4.90 Å². The lowest BCUT2D eigenvalue weighted by atomic mass is 10.1. The summed E-state index contributed by atoms with van der Waals surface area (Å²) in [6, 6.07) is 25.5. The molecule has 0 spiro atoms. The zero-order chi connectivity index (χ0) is 20.9. The first-order valence-corrected chi connectivity index (χ1v) is 11.1. The Morgan fingerprint density at radius 3 is 2.53 bits per heavy atom. The second-order valence-electron chi connectivity index (χ2n) is 7.43. The lowest BCUT2D eigenvalue weighted by molar-refractivity contribution is -0.128. The maximum Gasteiger partial charge on any atom is 0.255 e. The fourth-order valence-corrected chi connectivity index (χ4v) is 4.81. The van der Waals surface area contributed by atoms with Gasteiger partial charge in [-0.1, -0.05) is 54.6 Å². The van der Waals surface area contributed by atoms with E-state index in [1.54, 1.807) is 11.8 Å². The van der Waals surface area contributed by atoms with Gasteiger partial charge in [-0.3, -0.25) is 9.59 Å². The van der Waals surface area contributed by atoms with Crippen LogP contribution in [-0.4, -0.2) is 29.0 Å². The molecule has 1 aliphatic heterocycles. The van der Waals surface area contributed by atoms with Gasteiger partial charge in [0.2, 0.25) is 5.91 Å². The molecule has 0 aromatic heterocycles. The van der Waals surface area contributed by atoms with Gasteiger partial charge in [0.05, 0.1) is 5.75 Å². The molecule has 1 heterocycles. The maximum absolute atomic E-state index is 12.6. The number of hydrogen-bond donors (Lipinski definition) is 1. The first-order valence-electron chi connectivity index (χ1n) is 10.0. The second-order valence-corrected chi connectivity index (χ2v) is 8.50. The predicted octanol–water partition coefficient (Wildman–Crippen LogP) is 5.06. The first-order chi connectivity index (χ1) is 14.6. The molecule has 1 N–H and O–H groups in total. The minimum atomic E-state index is -0.136. The van der Waals surface area contributed by atoms with Gasteiger partial charge in [-0.05, 0) is 54.3 Å². The molecule has 2 amide bonds. The molecule has 5 heteroatoms. The quantitative estimate of drug-likeness (QED) is 0.611. The summed E-state index contributed by atoms with van der Waals surface area (Å²) in [5, 5.41) is 2.93. The molecule has 0 unspecified atom stereocenters. The summed E-state index contributed by atoms with van der Waals surface area (Å²) in [5.41, 5.74) is 4.76. The van der Waals surface area contributed by atoms with Gasteiger partial charge in [0, 0.05) is 17.8 Å². The van der Waals surface area contributed by atoms with E-state index in [1.165, 1.54) is 5.56 Å². The summed E-state index contributed by atoms with van der Waals surface area (Å²) in [4.78, 5) is 26.9. The van der Waals surface area contributed by atoms with Crippen molar-refractivity contribution in [2.24, 2.45) is 0 Å². The Bertz CT molecular complexity index is 1030. The number of carbonyl (C=O) groups excluding carboxylic acids is 2. The zero-order valence-corrected chi connectivity index (χ0v) is 17.7. The fourth-order valence-electron chi connectivity index (χ4n) is 3.59. The van der Waals surface area contributed by atoms with E-state index in [9.17, 15) is 9.59 Å². The fraction of sp³-hybridized carbons (Fsp3) is 0.200. The molecule has 30 heavy (non-hydrogen) atoms. The van der Waals surface area contributed by atoms with E-state index in [0.29, 0.717) is 17.9 Å². The molecule has 4 rings (SSSR count). The molecule has 0 aliphatic carbocycles. The lowest BCUT2D eigenvalue weighted by Gasteiger charge is -2.24. The van der Waals surface area contributed by atoms with Gasteiger partial charge in [0.15, 0.2) is 0 Å². The van der Waals surface area contributed by atoms with Gasteiger partial charge in [-0.25, -0.2) is 0 Å². The van der Waals surface area contributed by atoms with Crippen molar-refractivity contribution in [3.05, 3.63) is 101 Å². The molecule has 1 fully saturated rings. The van der Waals surface area contributed by atoms with Crippen LogP contribution in [0.4, 0.5) is 5.69 Å². The van der Waals surface area contributed by atoms with E-state index in [4.69, 9.17) is 0 Å². The molecular weight excluding hydrogens is 392 g/mol. The third kappa shape index (κ3) is 4.74. The largest absolute Gasteiger partial charge is 0.326 e. The number of benzene rings is 3. The highest BCUT2D eigenvalue weighted by molar-refractivity contribution is 8.00. The molecule has 0 radical (unpaired) electrons. The number of amides is 2. The molecule has 4 nitrogen and oxygen atoms in total. The summed E-state index contributed by atoms with van der Waals surface area (Å²) in [5.74, 6) is 0.528.